The average molecular weight is 309 g/mol. The van der Waals surface area contributed by atoms with Gasteiger partial charge in [0.2, 0.25) is 0 Å². The number of aliphatic carboxylic acids is 1. The predicted octanol–water partition coefficient (Wildman–Crippen LogP) is 0.958. The van der Waals surface area contributed by atoms with Crippen molar-refractivity contribution in [3.63, 3.8) is 0 Å². The van der Waals surface area contributed by atoms with Crippen LogP contribution in [0.25, 0.3) is 0 Å². The summed E-state index contributed by atoms with van der Waals surface area (Å²) in [5.74, 6) is -0.891. The first-order valence-electron chi connectivity index (χ1n) is 7.25. The van der Waals surface area contributed by atoms with E-state index in [0.717, 1.165) is 12.8 Å². The molecular weight excluding hydrogens is 286 g/mol. The lowest BCUT2D eigenvalue weighted by Crippen LogP contribution is -2.55. The molecule has 1 atom stereocenters. The van der Waals surface area contributed by atoms with Gasteiger partial charge < -0.3 is 15.6 Å². The lowest BCUT2D eigenvalue weighted by atomic mass is 10.1. The topological polar surface area (TPSA) is 105 Å². The number of hydrazine groups is 1. The zero-order chi connectivity index (χ0) is 16.4. The lowest BCUT2D eigenvalue weighted by molar-refractivity contribution is -0.147. The number of carbonyl (C=O) groups is 2. The first-order chi connectivity index (χ1) is 10.6. The molecule has 0 saturated carbocycles. The third kappa shape index (κ3) is 6.11. The summed E-state index contributed by atoms with van der Waals surface area (Å²) in [5.41, 5.74) is 8.04. The van der Waals surface area contributed by atoms with Gasteiger partial charge in [0.15, 0.2) is 6.61 Å². The van der Waals surface area contributed by atoms with Crippen LogP contribution in [-0.2, 0) is 9.59 Å². The number of hydrogen-bond acceptors (Lipinski definition) is 5. The van der Waals surface area contributed by atoms with Gasteiger partial charge in [-0.05, 0) is 18.6 Å². The van der Waals surface area contributed by atoms with Crippen molar-refractivity contribution in [2.24, 2.45) is 5.73 Å². The van der Waals surface area contributed by atoms with E-state index in [-0.39, 0.29) is 13.3 Å². The number of para-hydroxylation sites is 1. The number of ether oxygens (including phenoxy) is 1. The number of nitrogens with one attached hydrogen (secondary N) is 1. The third-order valence-electron chi connectivity index (χ3n) is 3.07. The van der Waals surface area contributed by atoms with Gasteiger partial charge >= 0.3 is 5.97 Å². The number of benzene rings is 1. The van der Waals surface area contributed by atoms with E-state index in [1.54, 1.807) is 24.3 Å². The van der Waals surface area contributed by atoms with Gasteiger partial charge in [0, 0.05) is 0 Å². The molecule has 0 fully saturated rings. The molecule has 0 radical (unpaired) electrons. The summed E-state index contributed by atoms with van der Waals surface area (Å²) in [6.45, 7) is 1.68. The first-order valence-corrected chi connectivity index (χ1v) is 7.25. The summed E-state index contributed by atoms with van der Waals surface area (Å²) >= 11 is 0. The largest absolute Gasteiger partial charge is 0.484 e. The van der Waals surface area contributed by atoms with E-state index in [9.17, 15) is 14.7 Å². The zero-order valence-corrected chi connectivity index (χ0v) is 12.7. The van der Waals surface area contributed by atoms with Gasteiger partial charge in [-0.1, -0.05) is 38.0 Å². The number of carbonyl (C=O) groups excluding carboxylic acids is 1. The molecule has 0 spiro atoms. The minimum atomic E-state index is -1.01. The highest BCUT2D eigenvalue weighted by molar-refractivity contribution is 5.78. The molecular formula is C15H23N3O4. The molecule has 0 aliphatic heterocycles. The Kier molecular flexibility index (Phi) is 7.95. The van der Waals surface area contributed by atoms with Gasteiger partial charge in [-0.15, -0.1) is 0 Å². The normalized spacial score (nSPS) is 12.0. The number of carboxylic acid groups (broad SMARTS) is 1. The number of nitrogens with zero attached hydrogens (tertiary/aromatic N) is 1. The van der Waals surface area contributed by atoms with Gasteiger partial charge in [0.05, 0.1) is 6.67 Å². The number of hydrogen-bond donors (Lipinski definition) is 3. The molecule has 0 heterocycles. The van der Waals surface area contributed by atoms with Gasteiger partial charge in [-0.2, -0.15) is 5.01 Å². The van der Waals surface area contributed by atoms with E-state index in [1.165, 1.54) is 5.01 Å². The minimum Gasteiger partial charge on any atom is -0.484 e. The number of amides is 1. The lowest BCUT2D eigenvalue weighted by Gasteiger charge is -2.27. The SMILES string of the molecule is CCCC[C@@H](C(=O)O)N(CN)NC(=O)COc1ccccc1. The van der Waals surface area contributed by atoms with Crippen LogP contribution < -0.4 is 15.9 Å². The van der Waals surface area contributed by atoms with Gasteiger partial charge in [-0.3, -0.25) is 15.0 Å². The van der Waals surface area contributed by atoms with Crippen LogP contribution in [0.2, 0.25) is 0 Å². The monoisotopic (exact) mass is 309 g/mol. The molecule has 7 heteroatoms. The highest BCUT2D eigenvalue weighted by Crippen LogP contribution is 2.09. The third-order valence-corrected chi connectivity index (χ3v) is 3.07. The quantitative estimate of drug-likeness (QED) is 0.439. The predicted molar refractivity (Wildman–Crippen MR) is 81.9 cm³/mol. The second-order valence-electron chi connectivity index (χ2n) is 4.79. The van der Waals surface area contributed by atoms with Crippen molar-refractivity contribution in [1.82, 2.24) is 10.4 Å². The zero-order valence-electron chi connectivity index (χ0n) is 12.7. The fraction of sp³-hybridized carbons (Fsp3) is 0.467. The molecule has 1 aromatic carbocycles. The molecule has 0 unspecified atom stereocenters. The van der Waals surface area contributed by atoms with Crippen LogP contribution in [0.15, 0.2) is 30.3 Å². The molecule has 1 rings (SSSR count). The summed E-state index contributed by atoms with van der Waals surface area (Å²) in [6, 6.07) is 8.05. The molecule has 7 nitrogen and oxygen atoms in total. The van der Waals surface area contributed by atoms with Crippen LogP contribution >= 0.6 is 0 Å². The summed E-state index contributed by atoms with van der Waals surface area (Å²) in [5, 5.41) is 10.5. The highest BCUT2D eigenvalue weighted by atomic mass is 16.5. The van der Waals surface area contributed by atoms with Gasteiger partial charge in [0.25, 0.3) is 5.91 Å². The first kappa shape index (κ1) is 17.9. The van der Waals surface area contributed by atoms with E-state index >= 15 is 0 Å². The summed E-state index contributed by atoms with van der Waals surface area (Å²) in [6.07, 6.45) is 2.03. The second kappa shape index (κ2) is 9.75. The van der Waals surface area contributed by atoms with Crippen LogP contribution in [0.4, 0.5) is 0 Å². The number of nitrogens with two attached hydrogens (primary N) is 1. The molecule has 4 N–H and O–H groups in total. The highest BCUT2D eigenvalue weighted by Gasteiger charge is 2.25. The molecule has 22 heavy (non-hydrogen) atoms. The van der Waals surface area contributed by atoms with E-state index in [4.69, 9.17) is 10.5 Å². The molecule has 0 saturated heterocycles. The molecule has 0 aliphatic rings. The van der Waals surface area contributed by atoms with Crippen molar-refractivity contribution in [3.05, 3.63) is 30.3 Å². The molecule has 0 aromatic heterocycles. The number of carboxylic acids is 1. The van der Waals surface area contributed by atoms with Crippen LogP contribution in [0.5, 0.6) is 5.75 Å². The second-order valence-corrected chi connectivity index (χ2v) is 4.79. The Bertz CT molecular complexity index is 467. The number of unbranched alkanes of at least 4 members (excludes halogenated alkanes) is 1. The van der Waals surface area contributed by atoms with Crippen LogP contribution in [0.3, 0.4) is 0 Å². The summed E-state index contributed by atoms with van der Waals surface area (Å²) in [4.78, 5) is 23.1. The van der Waals surface area contributed by atoms with Crippen LogP contribution in [0, 0.1) is 0 Å². The summed E-state index contributed by atoms with van der Waals surface area (Å²) in [7, 11) is 0. The Balaban J connectivity index is 2.52. The fourth-order valence-electron chi connectivity index (χ4n) is 1.92. The molecule has 0 aliphatic carbocycles. The number of rotatable bonds is 10. The minimum absolute atomic E-state index is 0.0856. The van der Waals surface area contributed by atoms with Crippen molar-refractivity contribution in [2.45, 2.75) is 32.2 Å². The van der Waals surface area contributed by atoms with Crippen molar-refractivity contribution in [1.29, 1.82) is 0 Å². The van der Waals surface area contributed by atoms with Crippen LogP contribution in [0.1, 0.15) is 26.2 Å². The maximum absolute atomic E-state index is 11.9. The Labute approximate surface area is 130 Å². The van der Waals surface area contributed by atoms with E-state index in [2.05, 4.69) is 5.43 Å². The van der Waals surface area contributed by atoms with Crippen LogP contribution in [-0.4, -0.2) is 41.3 Å². The van der Waals surface area contributed by atoms with Gasteiger partial charge in [0.1, 0.15) is 11.8 Å². The van der Waals surface area contributed by atoms with Crippen molar-refractivity contribution in [3.8, 4) is 5.75 Å². The molecule has 1 aromatic rings. The smallest absolute Gasteiger partial charge is 0.322 e. The Morgan fingerprint density at radius 3 is 2.59 bits per heavy atom. The Morgan fingerprint density at radius 1 is 1.36 bits per heavy atom. The van der Waals surface area contributed by atoms with Crippen molar-refractivity contribution >= 4 is 11.9 Å². The summed E-state index contributed by atoms with van der Waals surface area (Å²) < 4.78 is 5.31. The Hall–Kier alpha value is -2.12. The maximum Gasteiger partial charge on any atom is 0.322 e. The molecule has 122 valence electrons. The van der Waals surface area contributed by atoms with E-state index in [0.29, 0.717) is 12.2 Å². The maximum atomic E-state index is 11.9. The standard InChI is InChI=1S/C15H23N3O4/c1-2-3-9-13(15(20)21)18(11-16)17-14(19)10-22-12-7-5-4-6-8-12/h4-8,13H,2-3,9-11,16H2,1H3,(H,17,19)(H,20,21)/t13-/m0/s1. The van der Waals surface area contributed by atoms with E-state index in [1.807, 2.05) is 13.0 Å². The Morgan fingerprint density at radius 2 is 2.05 bits per heavy atom. The fourth-order valence-corrected chi connectivity index (χ4v) is 1.92. The average Bonchev–Trinajstić information content (AvgIpc) is 2.52. The van der Waals surface area contributed by atoms with Crippen molar-refractivity contribution < 1.29 is 19.4 Å². The molecule has 1 amide bonds. The van der Waals surface area contributed by atoms with E-state index < -0.39 is 17.9 Å². The molecule has 0 bridgehead atoms. The van der Waals surface area contributed by atoms with Crippen molar-refractivity contribution in [2.75, 3.05) is 13.3 Å². The van der Waals surface area contributed by atoms with Gasteiger partial charge in [-0.25, -0.2) is 0 Å².